The lowest BCUT2D eigenvalue weighted by atomic mass is 10.4. The summed E-state index contributed by atoms with van der Waals surface area (Å²) in [6, 6.07) is 0.635. The van der Waals surface area contributed by atoms with Gasteiger partial charge in [-0.15, -0.1) is 0 Å². The molecule has 0 radical (unpaired) electrons. The van der Waals surface area contributed by atoms with E-state index in [9.17, 15) is 10.1 Å². The third-order valence-electron chi connectivity index (χ3n) is 3.37. The predicted octanol–water partition coefficient (Wildman–Crippen LogP) is 1.68. The Balaban J connectivity index is 2.01. The summed E-state index contributed by atoms with van der Waals surface area (Å²) in [4.78, 5) is 20.7. The van der Waals surface area contributed by atoms with Gasteiger partial charge in [-0.25, -0.2) is 4.98 Å². The van der Waals surface area contributed by atoms with Gasteiger partial charge >= 0.3 is 5.69 Å². The third-order valence-corrected chi connectivity index (χ3v) is 3.37. The van der Waals surface area contributed by atoms with Gasteiger partial charge < -0.3 is 15.0 Å². The SMILES string of the molecule is CCCNc1ncnc(OCCN(C)C2CC2)c1[N+](=O)[O-]. The topological polar surface area (TPSA) is 93.4 Å². The van der Waals surface area contributed by atoms with Gasteiger partial charge in [-0.05, 0) is 26.3 Å². The standard InChI is InChI=1S/C13H21N5O3/c1-3-6-14-12-11(18(19)20)13(16-9-15-12)21-8-7-17(2)10-4-5-10/h9-10H,3-8H2,1-2H3,(H,14,15,16). The van der Waals surface area contributed by atoms with Gasteiger partial charge in [-0.3, -0.25) is 10.1 Å². The van der Waals surface area contributed by atoms with Crippen LogP contribution in [-0.4, -0.2) is 52.6 Å². The number of nitro groups is 1. The first-order valence-electron chi connectivity index (χ1n) is 7.19. The van der Waals surface area contributed by atoms with Crippen molar-refractivity contribution >= 4 is 11.5 Å². The molecule has 116 valence electrons. The Kier molecular flexibility index (Phi) is 5.26. The number of nitrogens with one attached hydrogen (secondary N) is 1. The van der Waals surface area contributed by atoms with Crippen LogP contribution in [0.15, 0.2) is 6.33 Å². The summed E-state index contributed by atoms with van der Waals surface area (Å²) in [6.07, 6.45) is 4.57. The molecule has 0 atom stereocenters. The molecule has 1 fully saturated rings. The number of likely N-dealkylation sites (N-methyl/N-ethyl adjacent to an activating group) is 1. The summed E-state index contributed by atoms with van der Waals surface area (Å²) in [6.45, 7) is 3.69. The van der Waals surface area contributed by atoms with Gasteiger partial charge in [0.25, 0.3) is 5.88 Å². The van der Waals surface area contributed by atoms with E-state index in [4.69, 9.17) is 4.74 Å². The highest BCUT2D eigenvalue weighted by Crippen LogP contribution is 2.31. The number of nitrogens with zero attached hydrogens (tertiary/aromatic N) is 4. The minimum atomic E-state index is -0.502. The molecule has 1 heterocycles. The van der Waals surface area contributed by atoms with E-state index >= 15 is 0 Å². The highest BCUT2D eigenvalue weighted by Gasteiger charge is 2.27. The van der Waals surface area contributed by atoms with Gasteiger partial charge in [0.05, 0.1) is 4.92 Å². The second kappa shape index (κ2) is 7.16. The monoisotopic (exact) mass is 295 g/mol. The molecule has 0 unspecified atom stereocenters. The van der Waals surface area contributed by atoms with Crippen molar-refractivity contribution < 1.29 is 9.66 Å². The molecule has 1 saturated carbocycles. The highest BCUT2D eigenvalue weighted by atomic mass is 16.6. The number of hydrogen-bond donors (Lipinski definition) is 1. The number of aromatic nitrogens is 2. The first-order valence-corrected chi connectivity index (χ1v) is 7.19. The fourth-order valence-corrected chi connectivity index (χ4v) is 1.99. The average molecular weight is 295 g/mol. The van der Waals surface area contributed by atoms with Crippen molar-refractivity contribution in [2.45, 2.75) is 32.2 Å². The van der Waals surface area contributed by atoms with Crippen LogP contribution in [0.1, 0.15) is 26.2 Å². The van der Waals surface area contributed by atoms with Gasteiger partial charge in [0.15, 0.2) is 0 Å². The number of hydrogen-bond acceptors (Lipinski definition) is 7. The minimum absolute atomic E-state index is 0.0257. The molecule has 0 aliphatic heterocycles. The van der Waals surface area contributed by atoms with E-state index in [0.29, 0.717) is 19.2 Å². The summed E-state index contributed by atoms with van der Waals surface area (Å²) in [5.74, 6) is 0.236. The van der Waals surface area contributed by atoms with E-state index in [-0.39, 0.29) is 17.4 Å². The Hall–Kier alpha value is -1.96. The van der Waals surface area contributed by atoms with Crippen LogP contribution in [0.2, 0.25) is 0 Å². The molecule has 0 spiro atoms. The van der Waals surface area contributed by atoms with Crippen molar-refractivity contribution in [3.8, 4) is 5.88 Å². The number of anilines is 1. The first kappa shape index (κ1) is 15.4. The molecule has 1 aliphatic rings. The third kappa shape index (κ3) is 4.25. The average Bonchev–Trinajstić information content (AvgIpc) is 3.29. The Morgan fingerprint density at radius 1 is 1.52 bits per heavy atom. The fraction of sp³-hybridized carbons (Fsp3) is 0.692. The van der Waals surface area contributed by atoms with Gasteiger partial charge in [-0.1, -0.05) is 6.92 Å². The number of rotatable bonds is 9. The molecule has 1 aromatic rings. The summed E-state index contributed by atoms with van der Waals surface area (Å²) in [5.41, 5.74) is -0.194. The molecular formula is C13H21N5O3. The van der Waals surface area contributed by atoms with E-state index in [2.05, 4.69) is 20.2 Å². The van der Waals surface area contributed by atoms with E-state index < -0.39 is 4.92 Å². The Morgan fingerprint density at radius 3 is 2.90 bits per heavy atom. The van der Waals surface area contributed by atoms with Crippen LogP contribution in [0.5, 0.6) is 5.88 Å². The largest absolute Gasteiger partial charge is 0.471 e. The van der Waals surface area contributed by atoms with E-state index in [0.717, 1.165) is 13.0 Å². The van der Waals surface area contributed by atoms with Crippen molar-refractivity contribution in [2.24, 2.45) is 0 Å². The summed E-state index contributed by atoms with van der Waals surface area (Å²) in [5, 5.41) is 14.1. The fourth-order valence-electron chi connectivity index (χ4n) is 1.99. The molecule has 1 aromatic heterocycles. The lowest BCUT2D eigenvalue weighted by Crippen LogP contribution is -2.26. The van der Waals surface area contributed by atoms with Crippen molar-refractivity contribution in [3.05, 3.63) is 16.4 Å². The summed E-state index contributed by atoms with van der Waals surface area (Å²) in [7, 11) is 2.03. The van der Waals surface area contributed by atoms with Gasteiger partial charge in [-0.2, -0.15) is 4.98 Å². The van der Waals surface area contributed by atoms with Crippen LogP contribution >= 0.6 is 0 Å². The maximum atomic E-state index is 11.2. The highest BCUT2D eigenvalue weighted by molar-refractivity contribution is 5.61. The Bertz CT molecular complexity index is 493. The Morgan fingerprint density at radius 2 is 2.29 bits per heavy atom. The lowest BCUT2D eigenvalue weighted by Gasteiger charge is -2.15. The van der Waals surface area contributed by atoms with E-state index in [1.165, 1.54) is 19.2 Å². The lowest BCUT2D eigenvalue weighted by molar-refractivity contribution is -0.385. The van der Waals surface area contributed by atoms with Gasteiger partial charge in [0, 0.05) is 19.1 Å². The molecular weight excluding hydrogens is 274 g/mol. The zero-order valence-corrected chi connectivity index (χ0v) is 12.4. The van der Waals surface area contributed by atoms with Crippen molar-refractivity contribution in [2.75, 3.05) is 32.1 Å². The zero-order valence-electron chi connectivity index (χ0n) is 12.4. The van der Waals surface area contributed by atoms with E-state index in [1.54, 1.807) is 0 Å². The first-order chi connectivity index (χ1) is 10.1. The second-order valence-electron chi connectivity index (χ2n) is 5.12. The molecule has 8 heteroatoms. The van der Waals surface area contributed by atoms with Crippen LogP contribution in [0.3, 0.4) is 0 Å². The quantitative estimate of drug-likeness (QED) is 0.547. The molecule has 8 nitrogen and oxygen atoms in total. The van der Waals surface area contributed by atoms with Crippen molar-refractivity contribution in [1.29, 1.82) is 0 Å². The molecule has 0 amide bonds. The maximum absolute atomic E-state index is 11.2. The zero-order chi connectivity index (χ0) is 15.2. The van der Waals surface area contributed by atoms with Crippen LogP contribution < -0.4 is 10.1 Å². The molecule has 1 aliphatic carbocycles. The minimum Gasteiger partial charge on any atom is -0.471 e. The smallest absolute Gasteiger partial charge is 0.372 e. The van der Waals surface area contributed by atoms with Crippen LogP contribution in [0.25, 0.3) is 0 Å². The maximum Gasteiger partial charge on any atom is 0.372 e. The van der Waals surface area contributed by atoms with Crippen LogP contribution in [-0.2, 0) is 0 Å². The molecule has 2 rings (SSSR count). The number of ether oxygens (including phenoxy) is 1. The molecule has 0 saturated heterocycles. The van der Waals surface area contributed by atoms with Crippen molar-refractivity contribution in [1.82, 2.24) is 14.9 Å². The predicted molar refractivity (Wildman–Crippen MR) is 78.6 cm³/mol. The molecule has 0 aromatic carbocycles. The normalized spacial score (nSPS) is 14.2. The van der Waals surface area contributed by atoms with Crippen molar-refractivity contribution in [3.63, 3.8) is 0 Å². The molecule has 1 N–H and O–H groups in total. The van der Waals surface area contributed by atoms with Crippen LogP contribution in [0, 0.1) is 10.1 Å². The molecule has 0 bridgehead atoms. The molecule has 21 heavy (non-hydrogen) atoms. The van der Waals surface area contributed by atoms with Gasteiger partial charge in [0.1, 0.15) is 12.9 Å². The van der Waals surface area contributed by atoms with Crippen LogP contribution in [0.4, 0.5) is 11.5 Å². The summed E-state index contributed by atoms with van der Waals surface area (Å²) >= 11 is 0. The second-order valence-corrected chi connectivity index (χ2v) is 5.12. The van der Waals surface area contributed by atoms with Gasteiger partial charge in [0.2, 0.25) is 5.82 Å². The Labute approximate surface area is 123 Å². The summed E-state index contributed by atoms with van der Waals surface area (Å²) < 4.78 is 5.49. The van der Waals surface area contributed by atoms with E-state index in [1.807, 2.05) is 14.0 Å².